The van der Waals surface area contributed by atoms with Crippen LogP contribution in [0.4, 0.5) is 4.39 Å². The Hall–Kier alpha value is -2.36. The van der Waals surface area contributed by atoms with Crippen LogP contribution in [0.5, 0.6) is 5.75 Å². The van der Waals surface area contributed by atoms with Crippen molar-refractivity contribution < 1.29 is 13.9 Å². The molecule has 132 valence electrons. The molecule has 4 heteroatoms. The highest BCUT2D eigenvalue weighted by Crippen LogP contribution is 2.42. The highest BCUT2D eigenvalue weighted by molar-refractivity contribution is 5.88. The Balaban J connectivity index is 1.82. The first kappa shape index (κ1) is 17.5. The summed E-state index contributed by atoms with van der Waals surface area (Å²) in [5.74, 6) is 0.588. The number of carbonyl (C=O) groups excluding carboxylic acids is 1. The maximum atomic E-state index is 13.7. The van der Waals surface area contributed by atoms with E-state index < -0.39 is 5.41 Å². The van der Waals surface area contributed by atoms with E-state index in [1.807, 2.05) is 37.4 Å². The fourth-order valence-corrected chi connectivity index (χ4v) is 3.83. The zero-order valence-corrected chi connectivity index (χ0v) is 14.8. The van der Waals surface area contributed by atoms with Gasteiger partial charge in [-0.1, -0.05) is 37.1 Å². The minimum atomic E-state index is -0.594. The van der Waals surface area contributed by atoms with E-state index in [9.17, 15) is 9.18 Å². The van der Waals surface area contributed by atoms with Crippen LogP contribution in [0.15, 0.2) is 48.5 Å². The van der Waals surface area contributed by atoms with Gasteiger partial charge >= 0.3 is 0 Å². The fourth-order valence-electron chi connectivity index (χ4n) is 3.83. The molecular weight excluding hydrogens is 317 g/mol. The van der Waals surface area contributed by atoms with Crippen molar-refractivity contribution in [3.63, 3.8) is 0 Å². The second kappa shape index (κ2) is 7.26. The molecule has 0 radical (unpaired) electrons. The van der Waals surface area contributed by atoms with Crippen LogP contribution in [-0.4, -0.2) is 25.0 Å². The third-order valence-electron chi connectivity index (χ3n) is 5.17. The topological polar surface area (TPSA) is 29.5 Å². The first-order chi connectivity index (χ1) is 12.0. The van der Waals surface area contributed by atoms with Gasteiger partial charge in [-0.15, -0.1) is 0 Å². The second-order valence-corrected chi connectivity index (χ2v) is 6.81. The van der Waals surface area contributed by atoms with Crippen LogP contribution >= 0.6 is 0 Å². The van der Waals surface area contributed by atoms with Crippen LogP contribution in [0.2, 0.25) is 0 Å². The summed E-state index contributed by atoms with van der Waals surface area (Å²) < 4.78 is 18.9. The zero-order valence-electron chi connectivity index (χ0n) is 14.8. The Morgan fingerprint density at radius 3 is 2.44 bits per heavy atom. The minimum absolute atomic E-state index is 0.0754. The largest absolute Gasteiger partial charge is 0.497 e. The number of rotatable bonds is 5. The maximum Gasteiger partial charge on any atom is 0.233 e. The highest BCUT2D eigenvalue weighted by atomic mass is 19.1. The molecule has 0 aromatic heterocycles. The molecule has 0 unspecified atom stereocenters. The molecule has 0 bridgehead atoms. The van der Waals surface area contributed by atoms with Crippen LogP contribution in [0.1, 0.15) is 36.8 Å². The normalized spacial score (nSPS) is 15.8. The third-order valence-corrected chi connectivity index (χ3v) is 5.17. The zero-order chi connectivity index (χ0) is 17.9. The monoisotopic (exact) mass is 341 g/mol. The molecule has 0 aliphatic heterocycles. The minimum Gasteiger partial charge on any atom is -0.497 e. The molecule has 0 N–H and O–H groups in total. The van der Waals surface area contributed by atoms with Gasteiger partial charge in [0, 0.05) is 13.6 Å². The van der Waals surface area contributed by atoms with Gasteiger partial charge in [-0.2, -0.15) is 0 Å². The van der Waals surface area contributed by atoms with Crippen molar-refractivity contribution in [1.82, 2.24) is 4.90 Å². The molecule has 3 rings (SSSR count). The summed E-state index contributed by atoms with van der Waals surface area (Å²) in [5.41, 5.74) is 1.25. The van der Waals surface area contributed by atoms with Crippen molar-refractivity contribution in [3.8, 4) is 5.75 Å². The Labute approximate surface area is 148 Å². The van der Waals surface area contributed by atoms with Crippen LogP contribution in [0.25, 0.3) is 0 Å². The number of hydrogen-bond donors (Lipinski definition) is 0. The van der Waals surface area contributed by atoms with E-state index >= 15 is 0 Å². The Morgan fingerprint density at radius 1 is 1.16 bits per heavy atom. The van der Waals surface area contributed by atoms with E-state index in [0.717, 1.165) is 42.6 Å². The molecule has 1 fully saturated rings. The summed E-state index contributed by atoms with van der Waals surface area (Å²) in [6, 6.07) is 14.2. The molecule has 0 spiro atoms. The highest BCUT2D eigenvalue weighted by Gasteiger charge is 2.44. The molecule has 3 nitrogen and oxygen atoms in total. The van der Waals surface area contributed by atoms with Gasteiger partial charge in [-0.25, -0.2) is 4.39 Å². The van der Waals surface area contributed by atoms with Crippen molar-refractivity contribution in [2.45, 2.75) is 37.6 Å². The lowest BCUT2D eigenvalue weighted by Gasteiger charge is -2.33. The first-order valence-electron chi connectivity index (χ1n) is 8.70. The summed E-state index contributed by atoms with van der Waals surface area (Å²) in [6.45, 7) is 0.528. The second-order valence-electron chi connectivity index (χ2n) is 6.81. The molecule has 1 amide bonds. The smallest absolute Gasteiger partial charge is 0.233 e. The van der Waals surface area contributed by atoms with Gasteiger partial charge in [-0.05, 0) is 48.2 Å². The van der Waals surface area contributed by atoms with E-state index in [1.165, 1.54) is 12.1 Å². The van der Waals surface area contributed by atoms with Crippen molar-refractivity contribution in [2.24, 2.45) is 0 Å². The number of amides is 1. The molecule has 0 heterocycles. The Morgan fingerprint density at radius 2 is 1.84 bits per heavy atom. The summed E-state index contributed by atoms with van der Waals surface area (Å²) in [5, 5.41) is 0. The predicted octanol–water partition coefficient (Wildman–Crippen LogP) is 4.30. The van der Waals surface area contributed by atoms with Crippen LogP contribution in [-0.2, 0) is 16.8 Å². The van der Waals surface area contributed by atoms with Gasteiger partial charge in [0.25, 0.3) is 0 Å². The van der Waals surface area contributed by atoms with Gasteiger partial charge in [0.05, 0.1) is 12.5 Å². The lowest BCUT2D eigenvalue weighted by Crippen LogP contribution is -2.43. The molecule has 1 saturated carbocycles. The van der Waals surface area contributed by atoms with E-state index in [1.54, 1.807) is 18.1 Å². The number of halogens is 1. The average molecular weight is 341 g/mol. The van der Waals surface area contributed by atoms with Gasteiger partial charge in [0.1, 0.15) is 11.6 Å². The molecule has 2 aromatic rings. The van der Waals surface area contributed by atoms with Gasteiger partial charge < -0.3 is 9.64 Å². The van der Waals surface area contributed by atoms with Crippen LogP contribution in [0, 0.1) is 5.82 Å². The van der Waals surface area contributed by atoms with Crippen molar-refractivity contribution in [2.75, 3.05) is 14.2 Å². The third kappa shape index (κ3) is 3.53. The lowest BCUT2D eigenvalue weighted by molar-refractivity contribution is -0.136. The average Bonchev–Trinajstić information content (AvgIpc) is 3.12. The number of methoxy groups -OCH3 is 1. The van der Waals surface area contributed by atoms with Gasteiger partial charge in [-0.3, -0.25) is 4.79 Å². The number of likely N-dealkylation sites (N-methyl/N-ethyl adjacent to an activating group) is 1. The SMILES string of the molecule is COc1ccc(CN(C)C(=O)C2(c3cccc(F)c3)CCCC2)cc1. The summed E-state index contributed by atoms with van der Waals surface area (Å²) in [7, 11) is 3.46. The van der Waals surface area contributed by atoms with E-state index in [4.69, 9.17) is 4.74 Å². The first-order valence-corrected chi connectivity index (χ1v) is 8.70. The molecule has 1 aliphatic carbocycles. The number of nitrogens with zero attached hydrogens (tertiary/aromatic N) is 1. The van der Waals surface area contributed by atoms with Gasteiger partial charge in [0.2, 0.25) is 5.91 Å². The summed E-state index contributed by atoms with van der Waals surface area (Å²) in [6.07, 6.45) is 3.56. The maximum absolute atomic E-state index is 13.7. The quantitative estimate of drug-likeness (QED) is 0.811. The number of carbonyl (C=O) groups is 1. The summed E-state index contributed by atoms with van der Waals surface area (Å²) >= 11 is 0. The molecule has 25 heavy (non-hydrogen) atoms. The lowest BCUT2D eigenvalue weighted by atomic mass is 9.77. The van der Waals surface area contributed by atoms with Crippen molar-refractivity contribution in [3.05, 3.63) is 65.5 Å². The molecule has 0 atom stereocenters. The number of ether oxygens (including phenoxy) is 1. The Kier molecular flexibility index (Phi) is 5.07. The van der Waals surface area contributed by atoms with E-state index in [0.29, 0.717) is 6.54 Å². The van der Waals surface area contributed by atoms with Crippen molar-refractivity contribution in [1.29, 1.82) is 0 Å². The molecule has 1 aliphatic rings. The van der Waals surface area contributed by atoms with Crippen molar-refractivity contribution >= 4 is 5.91 Å². The van der Waals surface area contributed by atoms with E-state index in [-0.39, 0.29) is 11.7 Å². The molecular formula is C21H24FNO2. The standard InChI is InChI=1S/C21H24FNO2/c1-23(15-16-8-10-19(25-2)11-9-16)20(24)21(12-3-4-13-21)17-6-5-7-18(22)14-17/h5-11,14H,3-4,12-13,15H2,1-2H3. The number of benzene rings is 2. The van der Waals surface area contributed by atoms with Crippen LogP contribution < -0.4 is 4.74 Å². The summed E-state index contributed by atoms with van der Waals surface area (Å²) in [4.78, 5) is 15.0. The molecule has 2 aromatic carbocycles. The molecule has 0 saturated heterocycles. The van der Waals surface area contributed by atoms with E-state index in [2.05, 4.69) is 0 Å². The number of hydrogen-bond acceptors (Lipinski definition) is 2. The fraction of sp³-hybridized carbons (Fsp3) is 0.381. The Bertz CT molecular complexity index is 736. The predicted molar refractivity (Wildman–Crippen MR) is 96.0 cm³/mol. The van der Waals surface area contributed by atoms with Gasteiger partial charge in [0.15, 0.2) is 0 Å². The van der Waals surface area contributed by atoms with Crippen LogP contribution in [0.3, 0.4) is 0 Å².